The molecule has 0 radical (unpaired) electrons. The van der Waals surface area contributed by atoms with Crippen molar-refractivity contribution in [3.05, 3.63) is 29.6 Å². The van der Waals surface area contributed by atoms with Gasteiger partial charge in [0, 0.05) is 12.0 Å². The van der Waals surface area contributed by atoms with Gasteiger partial charge in [0.05, 0.1) is 19.6 Å². The van der Waals surface area contributed by atoms with Crippen molar-refractivity contribution in [3.63, 3.8) is 0 Å². The summed E-state index contributed by atoms with van der Waals surface area (Å²) < 4.78 is 18.3. The van der Waals surface area contributed by atoms with Crippen LogP contribution < -0.4 is 10.1 Å². The number of nitrogens with one attached hydrogen (secondary N) is 1. The van der Waals surface area contributed by atoms with Gasteiger partial charge >= 0.3 is 5.97 Å². The molecule has 0 aliphatic carbocycles. The lowest BCUT2D eigenvalue weighted by molar-refractivity contribution is -0.138. The van der Waals surface area contributed by atoms with Crippen molar-refractivity contribution in [2.24, 2.45) is 0 Å². The maximum atomic E-state index is 13.2. The Bertz CT molecular complexity index is 476. The van der Waals surface area contributed by atoms with Gasteiger partial charge in [0.15, 0.2) is 0 Å². The van der Waals surface area contributed by atoms with E-state index in [0.717, 1.165) is 0 Å². The zero-order chi connectivity index (χ0) is 14.4. The second kappa shape index (κ2) is 6.72. The number of aliphatic carboxylic acids is 1. The highest BCUT2D eigenvalue weighted by Gasteiger charge is 2.15. The molecule has 0 aliphatic rings. The number of benzene rings is 1. The number of carboxylic acids is 1. The quantitative estimate of drug-likeness (QED) is 0.826. The van der Waals surface area contributed by atoms with Gasteiger partial charge in [0.1, 0.15) is 11.6 Å². The van der Waals surface area contributed by atoms with Gasteiger partial charge in [-0.3, -0.25) is 9.59 Å². The van der Waals surface area contributed by atoms with E-state index in [9.17, 15) is 14.0 Å². The third-order valence-corrected chi connectivity index (χ3v) is 2.60. The Labute approximate surface area is 110 Å². The van der Waals surface area contributed by atoms with E-state index < -0.39 is 23.7 Å². The molecule has 0 heterocycles. The fourth-order valence-corrected chi connectivity index (χ4v) is 1.66. The van der Waals surface area contributed by atoms with Crippen LogP contribution in [0.4, 0.5) is 4.39 Å². The first-order chi connectivity index (χ1) is 8.93. The summed E-state index contributed by atoms with van der Waals surface area (Å²) in [6.45, 7) is 1.68. The molecule has 19 heavy (non-hydrogen) atoms. The van der Waals surface area contributed by atoms with Crippen LogP contribution >= 0.6 is 0 Å². The predicted molar refractivity (Wildman–Crippen MR) is 66.4 cm³/mol. The number of carbonyl (C=O) groups excluding carboxylic acids is 1. The minimum absolute atomic E-state index is 0.114. The number of amides is 1. The van der Waals surface area contributed by atoms with Crippen LogP contribution in [-0.4, -0.2) is 24.1 Å². The van der Waals surface area contributed by atoms with Crippen LogP contribution in [0.1, 0.15) is 31.4 Å². The maximum Gasteiger partial charge on any atom is 0.303 e. The summed E-state index contributed by atoms with van der Waals surface area (Å²) in [6.07, 6.45) is -0.351. The van der Waals surface area contributed by atoms with Gasteiger partial charge in [-0.2, -0.15) is 0 Å². The number of carboxylic acid groups (broad SMARTS) is 1. The van der Waals surface area contributed by atoms with Crippen LogP contribution in [0.25, 0.3) is 0 Å². The van der Waals surface area contributed by atoms with Gasteiger partial charge in [-0.15, -0.1) is 0 Å². The van der Waals surface area contributed by atoms with Crippen LogP contribution in [0.2, 0.25) is 0 Å². The Morgan fingerprint density at radius 3 is 2.68 bits per heavy atom. The Hall–Kier alpha value is -2.11. The second-order valence-corrected chi connectivity index (χ2v) is 4.07. The number of halogens is 1. The maximum absolute atomic E-state index is 13.2. The first-order valence-electron chi connectivity index (χ1n) is 5.78. The van der Waals surface area contributed by atoms with Gasteiger partial charge < -0.3 is 15.2 Å². The molecule has 6 heteroatoms. The topological polar surface area (TPSA) is 75.6 Å². The Morgan fingerprint density at radius 1 is 1.42 bits per heavy atom. The molecule has 0 aliphatic heterocycles. The highest BCUT2D eigenvalue weighted by Crippen LogP contribution is 2.25. The lowest BCUT2D eigenvalue weighted by Gasteiger charge is -2.17. The van der Waals surface area contributed by atoms with Crippen LogP contribution in [-0.2, 0) is 9.59 Å². The Morgan fingerprint density at radius 2 is 2.11 bits per heavy atom. The number of carbonyl (C=O) groups is 2. The zero-order valence-corrected chi connectivity index (χ0v) is 10.8. The van der Waals surface area contributed by atoms with E-state index >= 15 is 0 Å². The fraction of sp³-hybridized carbons (Fsp3) is 0.385. The van der Waals surface area contributed by atoms with E-state index in [1.165, 1.54) is 25.3 Å². The molecule has 1 atom stereocenters. The minimum atomic E-state index is -1.04. The zero-order valence-electron chi connectivity index (χ0n) is 10.8. The molecule has 0 bridgehead atoms. The van der Waals surface area contributed by atoms with Crippen LogP contribution in [0.5, 0.6) is 5.75 Å². The van der Waals surface area contributed by atoms with Gasteiger partial charge in [-0.05, 0) is 25.1 Å². The summed E-state index contributed by atoms with van der Waals surface area (Å²) in [5.74, 6) is -1.40. The molecular formula is C13H16FNO4. The Balaban J connectivity index is 2.72. The van der Waals surface area contributed by atoms with Gasteiger partial charge in [0.25, 0.3) is 0 Å². The van der Waals surface area contributed by atoms with Crippen LogP contribution in [0, 0.1) is 5.82 Å². The largest absolute Gasteiger partial charge is 0.496 e. The molecular weight excluding hydrogens is 253 g/mol. The monoisotopic (exact) mass is 269 g/mol. The standard InChI is InChI=1S/C13H16FNO4/c1-8(15-12(16)5-6-13(17)18)10-7-9(14)3-4-11(10)19-2/h3-4,7-8H,5-6H2,1-2H3,(H,15,16)(H,17,18). The van der Waals surface area contributed by atoms with Gasteiger partial charge in [-0.1, -0.05) is 0 Å². The Kier molecular flexibility index (Phi) is 5.29. The van der Waals surface area contributed by atoms with Crippen molar-refractivity contribution in [2.45, 2.75) is 25.8 Å². The SMILES string of the molecule is COc1ccc(F)cc1C(C)NC(=O)CCC(=O)O. The average molecular weight is 269 g/mol. The normalized spacial score (nSPS) is 11.7. The van der Waals surface area contributed by atoms with Crippen molar-refractivity contribution in [3.8, 4) is 5.75 Å². The van der Waals surface area contributed by atoms with Crippen molar-refractivity contribution < 1.29 is 23.8 Å². The lowest BCUT2D eigenvalue weighted by Crippen LogP contribution is -2.27. The molecule has 0 fully saturated rings. The van der Waals surface area contributed by atoms with Crippen molar-refractivity contribution >= 4 is 11.9 Å². The summed E-state index contributed by atoms with van der Waals surface area (Å²) in [5, 5.41) is 11.1. The molecule has 0 aromatic heterocycles. The van der Waals surface area contributed by atoms with Crippen molar-refractivity contribution in [1.29, 1.82) is 0 Å². The molecule has 1 aromatic carbocycles. The number of rotatable bonds is 6. The highest BCUT2D eigenvalue weighted by atomic mass is 19.1. The number of hydrogen-bond acceptors (Lipinski definition) is 3. The van der Waals surface area contributed by atoms with Crippen molar-refractivity contribution in [1.82, 2.24) is 5.32 Å². The fourth-order valence-electron chi connectivity index (χ4n) is 1.66. The summed E-state index contributed by atoms with van der Waals surface area (Å²) in [6, 6.07) is 3.55. The average Bonchev–Trinajstić information content (AvgIpc) is 2.36. The lowest BCUT2D eigenvalue weighted by atomic mass is 10.1. The van der Waals surface area contributed by atoms with E-state index in [2.05, 4.69) is 5.32 Å². The van der Waals surface area contributed by atoms with Crippen LogP contribution in [0.15, 0.2) is 18.2 Å². The van der Waals surface area contributed by atoms with Gasteiger partial charge in [-0.25, -0.2) is 4.39 Å². The first kappa shape index (κ1) is 14.9. The second-order valence-electron chi connectivity index (χ2n) is 4.07. The van der Waals surface area contributed by atoms with E-state index in [-0.39, 0.29) is 12.8 Å². The summed E-state index contributed by atoms with van der Waals surface area (Å²) in [7, 11) is 1.45. The van der Waals surface area contributed by atoms with Crippen molar-refractivity contribution in [2.75, 3.05) is 7.11 Å². The number of ether oxygens (including phenoxy) is 1. The molecule has 0 saturated carbocycles. The molecule has 2 N–H and O–H groups in total. The third-order valence-electron chi connectivity index (χ3n) is 2.60. The van der Waals surface area contributed by atoms with Crippen LogP contribution in [0.3, 0.4) is 0 Å². The van der Waals surface area contributed by atoms with Gasteiger partial charge in [0.2, 0.25) is 5.91 Å². The van der Waals surface area contributed by atoms with E-state index in [0.29, 0.717) is 11.3 Å². The van der Waals surface area contributed by atoms with E-state index in [1.54, 1.807) is 6.92 Å². The molecule has 1 unspecified atom stereocenters. The molecule has 104 valence electrons. The smallest absolute Gasteiger partial charge is 0.303 e. The minimum Gasteiger partial charge on any atom is -0.496 e. The van der Waals surface area contributed by atoms with E-state index in [1.807, 2.05) is 0 Å². The predicted octanol–water partition coefficient (Wildman–Crippen LogP) is 1.88. The summed E-state index contributed by atoms with van der Waals surface area (Å²) in [4.78, 5) is 21.9. The number of hydrogen-bond donors (Lipinski definition) is 2. The molecule has 0 saturated heterocycles. The molecule has 1 rings (SSSR count). The van der Waals surface area contributed by atoms with E-state index in [4.69, 9.17) is 9.84 Å². The third kappa shape index (κ3) is 4.57. The molecule has 1 aromatic rings. The summed E-state index contributed by atoms with van der Waals surface area (Å²) >= 11 is 0. The number of methoxy groups -OCH3 is 1. The summed E-state index contributed by atoms with van der Waals surface area (Å²) in [5.41, 5.74) is 0.506. The molecule has 0 spiro atoms. The molecule has 1 amide bonds. The highest BCUT2D eigenvalue weighted by molar-refractivity contribution is 5.80. The molecule has 5 nitrogen and oxygen atoms in total. The first-order valence-corrected chi connectivity index (χ1v) is 5.78.